The van der Waals surface area contributed by atoms with Crippen molar-refractivity contribution in [2.75, 3.05) is 0 Å². The minimum absolute atomic E-state index is 0.231. The molecule has 2 heterocycles. The van der Waals surface area contributed by atoms with Gasteiger partial charge in [-0.2, -0.15) is 0 Å². The van der Waals surface area contributed by atoms with E-state index in [-0.39, 0.29) is 16.8 Å². The molecule has 0 amide bonds. The number of nitrogens with zero attached hydrogens (tertiary/aromatic N) is 1. The van der Waals surface area contributed by atoms with Crippen LogP contribution in [0.25, 0.3) is 60.6 Å². The molecule has 0 atom stereocenters. The fourth-order valence-corrected chi connectivity index (χ4v) is 5.76. The topological polar surface area (TPSA) is 52.2 Å². The van der Waals surface area contributed by atoms with Crippen molar-refractivity contribution in [2.24, 2.45) is 0 Å². The average Bonchev–Trinajstić information content (AvgIpc) is 3.41. The summed E-state index contributed by atoms with van der Waals surface area (Å²) in [5.41, 5.74) is 4.77. The predicted molar refractivity (Wildman–Crippen MR) is 143 cm³/mol. The van der Waals surface area contributed by atoms with Crippen LogP contribution in [0, 0.1) is 5.82 Å². The molecule has 0 fully saturated rings. The number of para-hydroxylation sites is 2. The average molecular weight is 481 g/mol. The second kappa shape index (κ2) is 7.02. The van der Waals surface area contributed by atoms with E-state index >= 15 is 0 Å². The zero-order chi connectivity index (χ0) is 24.8. The van der Waals surface area contributed by atoms with Gasteiger partial charge in [-0.3, -0.25) is 9.59 Å². The number of ketones is 1. The summed E-state index contributed by atoms with van der Waals surface area (Å²) in [4.78, 5) is 26.7. The van der Waals surface area contributed by atoms with Gasteiger partial charge in [0, 0.05) is 38.7 Å². The SMILES string of the molecule is O=C1c2cc3c(=O)c4cc(-n5c6ccccc6c6ccccc65)ccc4oc3cc2-c2c(F)cccc21. The summed E-state index contributed by atoms with van der Waals surface area (Å²) in [7, 11) is 0. The summed E-state index contributed by atoms with van der Waals surface area (Å²) in [5.74, 6) is -0.757. The third-order valence-electron chi connectivity index (χ3n) is 7.40. The Labute approximate surface area is 208 Å². The summed E-state index contributed by atoms with van der Waals surface area (Å²) in [6, 6.07) is 29.5. The van der Waals surface area contributed by atoms with E-state index in [4.69, 9.17) is 4.42 Å². The fourth-order valence-electron chi connectivity index (χ4n) is 5.76. The first kappa shape index (κ1) is 20.2. The molecule has 0 N–H and O–H groups in total. The van der Waals surface area contributed by atoms with Crippen molar-refractivity contribution < 1.29 is 13.6 Å². The molecule has 0 saturated heterocycles. The first-order chi connectivity index (χ1) is 18.1. The van der Waals surface area contributed by atoms with E-state index in [1.54, 1.807) is 24.3 Å². The molecule has 0 bridgehead atoms. The van der Waals surface area contributed by atoms with Crippen LogP contribution in [0.15, 0.2) is 106 Å². The summed E-state index contributed by atoms with van der Waals surface area (Å²) >= 11 is 0. The normalized spacial score (nSPS) is 12.6. The highest BCUT2D eigenvalue weighted by atomic mass is 19.1. The maximum absolute atomic E-state index is 14.6. The Morgan fingerprint density at radius 2 is 1.30 bits per heavy atom. The zero-order valence-electron chi connectivity index (χ0n) is 19.3. The third-order valence-corrected chi connectivity index (χ3v) is 7.40. The second-order valence-corrected chi connectivity index (χ2v) is 9.37. The Balaban J connectivity index is 1.41. The molecule has 2 aromatic heterocycles. The lowest BCUT2D eigenvalue weighted by Gasteiger charge is -2.10. The number of carbonyl (C=O) groups excluding carboxylic acids is 1. The van der Waals surface area contributed by atoms with Gasteiger partial charge in [0.1, 0.15) is 17.0 Å². The minimum atomic E-state index is -0.470. The van der Waals surface area contributed by atoms with Crippen LogP contribution >= 0.6 is 0 Å². The van der Waals surface area contributed by atoms with Crippen LogP contribution in [-0.2, 0) is 0 Å². The van der Waals surface area contributed by atoms with Gasteiger partial charge in [0.15, 0.2) is 5.78 Å². The highest BCUT2D eigenvalue weighted by molar-refractivity contribution is 6.23. The van der Waals surface area contributed by atoms with Crippen molar-refractivity contribution in [3.63, 3.8) is 0 Å². The van der Waals surface area contributed by atoms with E-state index in [0.717, 1.165) is 27.5 Å². The van der Waals surface area contributed by atoms with E-state index in [0.29, 0.717) is 38.6 Å². The monoisotopic (exact) mass is 481 g/mol. The molecule has 37 heavy (non-hydrogen) atoms. The number of aromatic nitrogens is 1. The van der Waals surface area contributed by atoms with Gasteiger partial charge in [-0.05, 0) is 48.5 Å². The van der Waals surface area contributed by atoms with Gasteiger partial charge >= 0.3 is 0 Å². The number of hydrogen-bond donors (Lipinski definition) is 0. The van der Waals surface area contributed by atoms with E-state index in [1.165, 1.54) is 12.1 Å². The van der Waals surface area contributed by atoms with Crippen molar-refractivity contribution >= 4 is 49.5 Å². The number of hydrogen-bond acceptors (Lipinski definition) is 3. The second-order valence-electron chi connectivity index (χ2n) is 9.37. The zero-order valence-corrected chi connectivity index (χ0v) is 19.3. The molecule has 0 radical (unpaired) electrons. The largest absolute Gasteiger partial charge is 0.456 e. The highest BCUT2D eigenvalue weighted by Gasteiger charge is 2.30. The summed E-state index contributed by atoms with van der Waals surface area (Å²) < 4.78 is 22.9. The van der Waals surface area contributed by atoms with Crippen molar-refractivity contribution in [1.29, 1.82) is 0 Å². The first-order valence-corrected chi connectivity index (χ1v) is 12.0. The van der Waals surface area contributed by atoms with Gasteiger partial charge in [-0.1, -0.05) is 48.5 Å². The lowest BCUT2D eigenvalue weighted by molar-refractivity contribution is 0.104. The number of benzene rings is 5. The molecule has 0 saturated carbocycles. The molecule has 4 nitrogen and oxygen atoms in total. The highest BCUT2D eigenvalue weighted by Crippen LogP contribution is 2.40. The van der Waals surface area contributed by atoms with Crippen LogP contribution in [0.3, 0.4) is 0 Å². The quantitative estimate of drug-likeness (QED) is 0.230. The van der Waals surface area contributed by atoms with Gasteiger partial charge in [0.05, 0.1) is 21.8 Å². The first-order valence-electron chi connectivity index (χ1n) is 12.0. The summed E-state index contributed by atoms with van der Waals surface area (Å²) in [6.45, 7) is 0. The number of rotatable bonds is 1. The maximum Gasteiger partial charge on any atom is 0.200 e. The van der Waals surface area contributed by atoms with Crippen LogP contribution in [-0.4, -0.2) is 10.4 Å². The van der Waals surface area contributed by atoms with E-state index in [1.807, 2.05) is 36.4 Å². The van der Waals surface area contributed by atoms with E-state index in [9.17, 15) is 14.0 Å². The Bertz CT molecular complexity index is 2150. The molecule has 5 aromatic carbocycles. The van der Waals surface area contributed by atoms with Crippen molar-refractivity contribution in [3.8, 4) is 16.8 Å². The van der Waals surface area contributed by atoms with E-state index in [2.05, 4.69) is 28.8 Å². The molecule has 7 aromatic rings. The van der Waals surface area contributed by atoms with Gasteiger partial charge in [-0.25, -0.2) is 4.39 Å². The molecular weight excluding hydrogens is 465 g/mol. The number of fused-ring (bicyclic) bond motifs is 8. The van der Waals surface area contributed by atoms with Crippen LogP contribution < -0.4 is 5.43 Å². The summed E-state index contributed by atoms with van der Waals surface area (Å²) in [6.07, 6.45) is 0. The minimum Gasteiger partial charge on any atom is -0.456 e. The molecule has 0 aliphatic heterocycles. The van der Waals surface area contributed by atoms with Crippen LogP contribution in [0.4, 0.5) is 4.39 Å². The lowest BCUT2D eigenvalue weighted by Crippen LogP contribution is -2.05. The van der Waals surface area contributed by atoms with Crippen LogP contribution in [0.1, 0.15) is 15.9 Å². The summed E-state index contributed by atoms with van der Waals surface area (Å²) in [5, 5.41) is 2.97. The standard InChI is InChI=1S/C32H16FNO3/c33-25-9-5-8-20-30(25)21-16-29-24(15-22(21)31(20)35)32(36)23-14-17(12-13-28(23)37-29)34-26-10-3-1-6-18(26)19-7-2-4-11-27(19)34/h1-16H. The molecular formula is C32H16FNO3. The molecule has 174 valence electrons. The van der Waals surface area contributed by atoms with Gasteiger partial charge < -0.3 is 8.98 Å². The third kappa shape index (κ3) is 2.60. The number of halogens is 1. The Morgan fingerprint density at radius 3 is 2.05 bits per heavy atom. The molecule has 0 spiro atoms. The molecule has 1 aliphatic carbocycles. The fraction of sp³-hybridized carbons (Fsp3) is 0. The predicted octanol–water partition coefficient (Wildman–Crippen LogP) is 7.39. The van der Waals surface area contributed by atoms with Crippen molar-refractivity contribution in [2.45, 2.75) is 0 Å². The van der Waals surface area contributed by atoms with E-state index < -0.39 is 5.82 Å². The molecule has 0 unspecified atom stereocenters. The van der Waals surface area contributed by atoms with Crippen LogP contribution in [0.5, 0.6) is 0 Å². The lowest BCUT2D eigenvalue weighted by atomic mass is 10.0. The molecule has 5 heteroatoms. The van der Waals surface area contributed by atoms with Gasteiger partial charge in [0.2, 0.25) is 5.43 Å². The molecule has 8 rings (SSSR count). The molecule has 1 aliphatic rings. The van der Waals surface area contributed by atoms with Gasteiger partial charge in [-0.15, -0.1) is 0 Å². The Morgan fingerprint density at radius 1 is 0.595 bits per heavy atom. The van der Waals surface area contributed by atoms with Crippen molar-refractivity contribution in [1.82, 2.24) is 4.57 Å². The smallest absolute Gasteiger partial charge is 0.200 e. The van der Waals surface area contributed by atoms with Crippen LogP contribution in [0.2, 0.25) is 0 Å². The van der Waals surface area contributed by atoms with Crippen molar-refractivity contribution in [3.05, 3.63) is 124 Å². The Hall–Kier alpha value is -5.03. The maximum atomic E-state index is 14.6. The Kier molecular flexibility index (Phi) is 3.83. The van der Waals surface area contributed by atoms with Gasteiger partial charge in [0.25, 0.3) is 0 Å². The number of carbonyl (C=O) groups is 1.